The van der Waals surface area contributed by atoms with Gasteiger partial charge in [-0.1, -0.05) is 48.6 Å². The second-order valence-corrected chi connectivity index (χ2v) is 9.86. The van der Waals surface area contributed by atoms with Crippen LogP contribution in [0.3, 0.4) is 0 Å². The van der Waals surface area contributed by atoms with Gasteiger partial charge in [0, 0.05) is 36.5 Å². The van der Waals surface area contributed by atoms with Crippen molar-refractivity contribution >= 4 is 11.8 Å². The van der Waals surface area contributed by atoms with Gasteiger partial charge in [-0.25, -0.2) is 10.4 Å². The summed E-state index contributed by atoms with van der Waals surface area (Å²) in [5.41, 5.74) is 16.2. The normalized spacial score (nSPS) is 19.2. The molecule has 38 heavy (non-hydrogen) atoms. The fourth-order valence-corrected chi connectivity index (χ4v) is 4.92. The predicted molar refractivity (Wildman–Crippen MR) is 145 cm³/mol. The number of hydrogen-bond acceptors (Lipinski definition) is 7. The molecule has 2 aromatic rings. The molecule has 0 spiro atoms. The van der Waals surface area contributed by atoms with Crippen molar-refractivity contribution in [2.45, 2.75) is 57.0 Å². The lowest BCUT2D eigenvalue weighted by molar-refractivity contribution is -0.127. The molecule has 0 unspecified atom stereocenters. The van der Waals surface area contributed by atoms with Crippen molar-refractivity contribution in [2.75, 3.05) is 26.4 Å². The molecule has 2 aliphatic rings. The minimum absolute atomic E-state index is 0.0778. The number of azide groups is 1. The van der Waals surface area contributed by atoms with E-state index in [4.69, 9.17) is 25.1 Å². The summed E-state index contributed by atoms with van der Waals surface area (Å²) in [6.45, 7) is 1.52. The van der Waals surface area contributed by atoms with E-state index in [1.54, 1.807) is 0 Å². The van der Waals surface area contributed by atoms with Crippen molar-refractivity contribution in [3.63, 3.8) is 0 Å². The van der Waals surface area contributed by atoms with Gasteiger partial charge in [-0.3, -0.25) is 10.2 Å². The fraction of sp³-hybridized carbons (Fsp3) is 0.500. The molecule has 10 heteroatoms. The Kier molecular flexibility index (Phi) is 9.97. The zero-order chi connectivity index (χ0) is 26.6. The molecule has 3 N–H and O–H groups in total. The number of aliphatic imine (C=N–C) groups is 1. The molecule has 10 nitrogen and oxygen atoms in total. The summed E-state index contributed by atoms with van der Waals surface area (Å²) >= 11 is 0. The average Bonchev–Trinajstić information content (AvgIpc) is 3.39. The number of nitrogens with one attached hydrogen (secondary N) is 2. The minimum Gasteiger partial charge on any atom is -0.494 e. The number of carbonyl (C=O) groups is 1. The molecule has 0 radical (unpaired) electrons. The summed E-state index contributed by atoms with van der Waals surface area (Å²) in [5, 5.41) is 12.7. The van der Waals surface area contributed by atoms with Crippen LogP contribution in [0.4, 0.5) is 0 Å². The number of nitrogens with zero attached hydrogens (tertiary/aromatic N) is 4. The van der Waals surface area contributed by atoms with Crippen LogP contribution < -0.4 is 15.6 Å². The average molecular weight is 521 g/mol. The maximum Gasteiger partial charge on any atom is 0.266 e. The van der Waals surface area contributed by atoms with Gasteiger partial charge in [-0.2, -0.15) is 0 Å². The van der Waals surface area contributed by atoms with E-state index >= 15 is 0 Å². The number of hydrazine groups is 1. The molecule has 1 aliphatic carbocycles. The highest BCUT2D eigenvalue weighted by Gasteiger charge is 2.45. The zero-order valence-electron chi connectivity index (χ0n) is 21.6. The van der Waals surface area contributed by atoms with Crippen molar-refractivity contribution in [2.24, 2.45) is 16.0 Å². The van der Waals surface area contributed by atoms with Gasteiger partial charge in [0.15, 0.2) is 5.54 Å². The van der Waals surface area contributed by atoms with Gasteiger partial charge in [0.1, 0.15) is 12.4 Å². The van der Waals surface area contributed by atoms with Crippen LogP contribution in [0, 0.1) is 5.92 Å². The molecule has 202 valence electrons. The number of aliphatic hydroxyl groups is 1. The molecule has 0 saturated heterocycles. The summed E-state index contributed by atoms with van der Waals surface area (Å²) in [6, 6.07) is 14.9. The largest absolute Gasteiger partial charge is 0.494 e. The van der Waals surface area contributed by atoms with E-state index < -0.39 is 5.54 Å². The second kappa shape index (κ2) is 13.8. The summed E-state index contributed by atoms with van der Waals surface area (Å²) in [4.78, 5) is 21.4. The van der Waals surface area contributed by atoms with Crippen LogP contribution in [0.2, 0.25) is 0 Å². The van der Waals surface area contributed by atoms with Crippen molar-refractivity contribution in [3.05, 3.63) is 75.7 Å². The van der Waals surface area contributed by atoms with Gasteiger partial charge in [0.25, 0.3) is 5.91 Å². The molecule has 1 amide bonds. The molecule has 4 rings (SSSR count). The lowest BCUT2D eigenvalue weighted by Gasteiger charge is -2.26. The van der Waals surface area contributed by atoms with E-state index in [1.165, 1.54) is 32.1 Å². The molecule has 1 heterocycles. The highest BCUT2D eigenvalue weighted by molar-refractivity contribution is 6.00. The first-order valence-electron chi connectivity index (χ1n) is 13.3. The first-order valence-corrected chi connectivity index (χ1v) is 13.3. The predicted octanol–water partition coefficient (Wildman–Crippen LogP) is 4.22. The first-order chi connectivity index (χ1) is 18.6. The Hall–Kier alpha value is -3.59. The van der Waals surface area contributed by atoms with Crippen LogP contribution in [0.15, 0.2) is 58.6 Å². The van der Waals surface area contributed by atoms with Crippen molar-refractivity contribution in [3.8, 4) is 5.75 Å². The van der Waals surface area contributed by atoms with Gasteiger partial charge in [0.2, 0.25) is 5.90 Å². The Labute approximate surface area is 223 Å². The SMILES string of the molecule is [N-]=[N+]=NCc1ccccc1C[C@@]1(C(=O)NNCC2CCCCC2)COC(c2ccc(OCCCO)cc2)=N1. The smallest absolute Gasteiger partial charge is 0.266 e. The third kappa shape index (κ3) is 7.25. The Bertz CT molecular complexity index is 1140. The first kappa shape index (κ1) is 27.4. The lowest BCUT2D eigenvalue weighted by atomic mass is 9.89. The highest BCUT2D eigenvalue weighted by Crippen LogP contribution is 2.29. The highest BCUT2D eigenvalue weighted by atomic mass is 16.5. The maximum atomic E-state index is 13.6. The van der Waals surface area contributed by atoms with E-state index in [2.05, 4.69) is 20.9 Å². The number of hydrogen-bond donors (Lipinski definition) is 3. The Balaban J connectivity index is 1.53. The van der Waals surface area contributed by atoms with Crippen LogP contribution in [0.25, 0.3) is 10.4 Å². The molecular weight excluding hydrogens is 484 g/mol. The lowest BCUT2D eigenvalue weighted by Crippen LogP contribution is -2.53. The molecule has 2 aromatic carbocycles. The molecule has 0 bridgehead atoms. The quantitative estimate of drug-likeness (QED) is 0.119. The van der Waals surface area contributed by atoms with Crippen LogP contribution in [-0.4, -0.2) is 48.8 Å². The number of benzene rings is 2. The summed E-state index contributed by atoms with van der Waals surface area (Å²) < 4.78 is 11.6. The van der Waals surface area contributed by atoms with E-state index in [-0.39, 0.29) is 25.7 Å². The standard InChI is InChI=1S/C28H36N6O4/c29-34-31-19-24-10-5-4-9-23(24)17-28(27(36)33-30-18-21-7-2-1-3-8-21)20-38-26(32-28)22-11-13-25(14-12-22)37-16-6-15-35/h4-5,9-14,21,30,35H,1-3,6-8,15-20H2,(H,33,36)/t28-/m0/s1. The van der Waals surface area contributed by atoms with Crippen molar-refractivity contribution in [1.29, 1.82) is 0 Å². The number of rotatable bonds is 13. The van der Waals surface area contributed by atoms with E-state index in [0.29, 0.717) is 37.0 Å². The summed E-state index contributed by atoms with van der Waals surface area (Å²) in [6.07, 6.45) is 6.96. The number of ether oxygens (including phenoxy) is 2. The van der Waals surface area contributed by atoms with Crippen LogP contribution in [0.5, 0.6) is 5.75 Å². The summed E-state index contributed by atoms with van der Waals surface area (Å²) in [5.74, 6) is 1.37. The van der Waals surface area contributed by atoms with E-state index in [9.17, 15) is 4.79 Å². The topological polar surface area (TPSA) is 141 Å². The third-order valence-electron chi connectivity index (χ3n) is 7.08. The van der Waals surface area contributed by atoms with Gasteiger partial charge >= 0.3 is 0 Å². The summed E-state index contributed by atoms with van der Waals surface area (Å²) in [7, 11) is 0. The van der Waals surface area contributed by atoms with Crippen LogP contribution in [0.1, 0.15) is 55.2 Å². The van der Waals surface area contributed by atoms with E-state index in [1.807, 2.05) is 48.5 Å². The molecular formula is C28H36N6O4. The minimum atomic E-state index is -1.18. The van der Waals surface area contributed by atoms with Crippen molar-refractivity contribution < 1.29 is 19.4 Å². The molecule has 0 aromatic heterocycles. The Morgan fingerprint density at radius 1 is 1.16 bits per heavy atom. The van der Waals surface area contributed by atoms with Crippen LogP contribution in [-0.2, 0) is 22.5 Å². The molecule has 1 aliphatic heterocycles. The number of aliphatic hydroxyl groups excluding tert-OH is 1. The molecule has 1 fully saturated rings. The number of carbonyl (C=O) groups excluding carboxylic acids is 1. The molecule has 1 atom stereocenters. The number of amides is 1. The van der Waals surface area contributed by atoms with E-state index in [0.717, 1.165) is 23.2 Å². The van der Waals surface area contributed by atoms with Gasteiger partial charge in [-0.15, -0.1) is 0 Å². The van der Waals surface area contributed by atoms with Gasteiger partial charge < -0.3 is 14.6 Å². The Morgan fingerprint density at radius 3 is 2.66 bits per heavy atom. The molecule has 1 saturated carbocycles. The van der Waals surface area contributed by atoms with Gasteiger partial charge in [0.05, 0.1) is 13.2 Å². The fourth-order valence-electron chi connectivity index (χ4n) is 4.92. The van der Waals surface area contributed by atoms with Crippen molar-refractivity contribution in [1.82, 2.24) is 10.9 Å². The van der Waals surface area contributed by atoms with Gasteiger partial charge in [-0.05, 0) is 59.7 Å². The monoisotopic (exact) mass is 520 g/mol. The Morgan fingerprint density at radius 2 is 1.92 bits per heavy atom. The van der Waals surface area contributed by atoms with Crippen LogP contribution >= 0.6 is 0 Å². The maximum absolute atomic E-state index is 13.6. The second-order valence-electron chi connectivity index (χ2n) is 9.86. The zero-order valence-corrected chi connectivity index (χ0v) is 21.6. The third-order valence-corrected chi connectivity index (χ3v) is 7.08.